The molecule has 3 heteroatoms. The van der Waals surface area contributed by atoms with Gasteiger partial charge in [-0.3, -0.25) is 0 Å². The largest absolute Gasteiger partial charge is 0.308 e. The van der Waals surface area contributed by atoms with Crippen LogP contribution in [0.2, 0.25) is 5.02 Å². The smallest absolute Gasteiger partial charge is 0.0406 e. The number of hydrogen-bond donors (Lipinski definition) is 1. The molecule has 1 aromatic carbocycles. The maximum Gasteiger partial charge on any atom is 0.0406 e. The van der Waals surface area contributed by atoms with Crippen LogP contribution in [0.5, 0.6) is 0 Å². The Morgan fingerprint density at radius 3 is 2.20 bits per heavy atom. The minimum absolute atomic E-state index is 0. The van der Waals surface area contributed by atoms with E-state index in [1.807, 2.05) is 12.1 Å². The molecule has 0 saturated heterocycles. The summed E-state index contributed by atoms with van der Waals surface area (Å²) in [6, 6.07) is 7.97. The second-order valence-corrected chi connectivity index (χ2v) is 4.65. The summed E-state index contributed by atoms with van der Waals surface area (Å²) in [6.07, 6.45) is 1.13. The summed E-state index contributed by atoms with van der Waals surface area (Å²) in [5, 5.41) is 4.30. The first-order chi connectivity index (χ1) is 6.53. The summed E-state index contributed by atoms with van der Waals surface area (Å²) in [5.41, 5.74) is 1.48. The quantitative estimate of drug-likeness (QED) is 0.847. The molecule has 0 atom stereocenters. The van der Waals surface area contributed by atoms with E-state index in [-0.39, 0.29) is 17.9 Å². The van der Waals surface area contributed by atoms with Gasteiger partial charge in [-0.05, 0) is 38.0 Å². The van der Waals surface area contributed by atoms with E-state index in [2.05, 4.69) is 38.2 Å². The molecule has 0 fully saturated rings. The maximum absolute atomic E-state index is 5.81. The van der Waals surface area contributed by atoms with Crippen LogP contribution in [-0.4, -0.2) is 5.54 Å². The minimum atomic E-state index is 0. The third-order valence-electron chi connectivity index (χ3n) is 2.57. The van der Waals surface area contributed by atoms with Gasteiger partial charge in [0.2, 0.25) is 0 Å². The van der Waals surface area contributed by atoms with Gasteiger partial charge in [0, 0.05) is 17.1 Å². The van der Waals surface area contributed by atoms with E-state index in [0.717, 1.165) is 18.0 Å². The summed E-state index contributed by atoms with van der Waals surface area (Å²) in [4.78, 5) is 0. The fourth-order valence-corrected chi connectivity index (χ4v) is 1.19. The zero-order chi connectivity index (χ0) is 10.6. The molecule has 0 aliphatic carbocycles. The third kappa shape index (κ3) is 5.41. The van der Waals surface area contributed by atoms with Crippen molar-refractivity contribution >= 4 is 24.0 Å². The van der Waals surface area contributed by atoms with Gasteiger partial charge in [0.1, 0.15) is 0 Å². The van der Waals surface area contributed by atoms with Crippen molar-refractivity contribution in [3.8, 4) is 0 Å². The highest BCUT2D eigenvalue weighted by atomic mass is 35.5. The van der Waals surface area contributed by atoms with Gasteiger partial charge in [0.15, 0.2) is 0 Å². The van der Waals surface area contributed by atoms with Crippen LogP contribution in [0.15, 0.2) is 24.3 Å². The van der Waals surface area contributed by atoms with E-state index in [1.54, 1.807) is 0 Å². The summed E-state index contributed by atoms with van der Waals surface area (Å²) in [7, 11) is 0. The van der Waals surface area contributed by atoms with Gasteiger partial charge in [0.05, 0.1) is 0 Å². The lowest BCUT2D eigenvalue weighted by molar-refractivity contribution is 0.374. The molecule has 0 unspecified atom stereocenters. The molecular weight excluding hydrogens is 229 g/mol. The van der Waals surface area contributed by atoms with Crippen molar-refractivity contribution in [3.05, 3.63) is 34.9 Å². The summed E-state index contributed by atoms with van der Waals surface area (Å²) in [5.74, 6) is 0. The lowest BCUT2D eigenvalue weighted by Crippen LogP contribution is -2.37. The normalized spacial score (nSPS) is 10.9. The van der Waals surface area contributed by atoms with E-state index >= 15 is 0 Å². The molecule has 86 valence electrons. The molecule has 1 rings (SSSR count). The molecule has 0 spiro atoms. The van der Waals surface area contributed by atoms with Crippen LogP contribution < -0.4 is 5.32 Å². The van der Waals surface area contributed by atoms with Crippen molar-refractivity contribution in [2.24, 2.45) is 0 Å². The van der Waals surface area contributed by atoms with Gasteiger partial charge in [-0.1, -0.05) is 30.7 Å². The second kappa shape index (κ2) is 6.37. The summed E-state index contributed by atoms with van der Waals surface area (Å²) >= 11 is 5.81. The Kier molecular flexibility index (Phi) is 6.26. The van der Waals surface area contributed by atoms with Crippen LogP contribution in [0.1, 0.15) is 32.8 Å². The van der Waals surface area contributed by atoms with E-state index in [1.165, 1.54) is 5.56 Å². The molecule has 0 aliphatic rings. The standard InChI is InChI=1S/C12H18ClN.ClH/c1-4-12(2,3)14-9-10-5-7-11(13)8-6-10;/h5-8,14H,4,9H2,1-3H3;1H. The molecule has 0 bridgehead atoms. The molecule has 0 aliphatic heterocycles. The summed E-state index contributed by atoms with van der Waals surface area (Å²) in [6.45, 7) is 7.51. The van der Waals surface area contributed by atoms with Gasteiger partial charge in [-0.2, -0.15) is 0 Å². The molecule has 0 saturated carbocycles. The highest BCUT2D eigenvalue weighted by Gasteiger charge is 2.12. The molecule has 0 radical (unpaired) electrons. The van der Waals surface area contributed by atoms with Crippen molar-refractivity contribution in [1.82, 2.24) is 5.32 Å². The van der Waals surface area contributed by atoms with Crippen molar-refractivity contribution in [2.45, 2.75) is 39.3 Å². The fraction of sp³-hybridized carbons (Fsp3) is 0.500. The predicted octanol–water partition coefficient (Wildman–Crippen LogP) is 4.04. The molecule has 0 heterocycles. The minimum Gasteiger partial charge on any atom is -0.308 e. The van der Waals surface area contributed by atoms with E-state index in [4.69, 9.17) is 11.6 Å². The first kappa shape index (κ1) is 14.8. The third-order valence-corrected chi connectivity index (χ3v) is 2.82. The number of benzene rings is 1. The van der Waals surface area contributed by atoms with Crippen molar-refractivity contribution in [3.63, 3.8) is 0 Å². The topological polar surface area (TPSA) is 12.0 Å². The van der Waals surface area contributed by atoms with Crippen molar-refractivity contribution in [1.29, 1.82) is 0 Å². The Morgan fingerprint density at radius 2 is 1.73 bits per heavy atom. The average Bonchev–Trinajstić information content (AvgIpc) is 2.17. The molecule has 15 heavy (non-hydrogen) atoms. The van der Waals surface area contributed by atoms with E-state index in [9.17, 15) is 0 Å². The van der Waals surface area contributed by atoms with Gasteiger partial charge in [-0.15, -0.1) is 12.4 Å². The number of hydrogen-bond acceptors (Lipinski definition) is 1. The Balaban J connectivity index is 0.00000196. The van der Waals surface area contributed by atoms with Crippen molar-refractivity contribution < 1.29 is 0 Å². The Labute approximate surface area is 104 Å². The monoisotopic (exact) mass is 247 g/mol. The first-order valence-corrected chi connectivity index (χ1v) is 5.41. The van der Waals surface area contributed by atoms with Crippen LogP contribution in [0, 0.1) is 0 Å². The van der Waals surface area contributed by atoms with E-state index in [0.29, 0.717) is 0 Å². The zero-order valence-electron chi connectivity index (χ0n) is 9.51. The van der Waals surface area contributed by atoms with Gasteiger partial charge < -0.3 is 5.32 Å². The SMILES string of the molecule is CCC(C)(C)NCc1ccc(Cl)cc1.Cl. The number of halogens is 2. The highest BCUT2D eigenvalue weighted by Crippen LogP contribution is 2.12. The lowest BCUT2D eigenvalue weighted by atomic mass is 10.0. The Bertz CT molecular complexity index is 280. The molecule has 0 amide bonds. The highest BCUT2D eigenvalue weighted by molar-refractivity contribution is 6.30. The first-order valence-electron chi connectivity index (χ1n) is 5.03. The van der Waals surface area contributed by atoms with E-state index < -0.39 is 0 Å². The average molecular weight is 248 g/mol. The molecule has 1 N–H and O–H groups in total. The lowest BCUT2D eigenvalue weighted by Gasteiger charge is -2.24. The number of rotatable bonds is 4. The molecular formula is C12H19Cl2N. The molecule has 0 aromatic heterocycles. The molecule has 1 aromatic rings. The van der Waals surface area contributed by atoms with Crippen LogP contribution in [-0.2, 0) is 6.54 Å². The number of nitrogens with one attached hydrogen (secondary N) is 1. The van der Waals surface area contributed by atoms with Crippen LogP contribution in [0.4, 0.5) is 0 Å². The van der Waals surface area contributed by atoms with Crippen molar-refractivity contribution in [2.75, 3.05) is 0 Å². The summed E-state index contributed by atoms with van der Waals surface area (Å²) < 4.78 is 0. The van der Waals surface area contributed by atoms with Gasteiger partial charge in [0.25, 0.3) is 0 Å². The van der Waals surface area contributed by atoms with Crippen LogP contribution >= 0.6 is 24.0 Å². The maximum atomic E-state index is 5.81. The zero-order valence-corrected chi connectivity index (χ0v) is 11.1. The second-order valence-electron chi connectivity index (χ2n) is 4.22. The Morgan fingerprint density at radius 1 is 1.20 bits per heavy atom. The fourth-order valence-electron chi connectivity index (χ4n) is 1.07. The van der Waals surface area contributed by atoms with Gasteiger partial charge in [-0.25, -0.2) is 0 Å². The van der Waals surface area contributed by atoms with Crippen LogP contribution in [0.3, 0.4) is 0 Å². The predicted molar refractivity (Wildman–Crippen MR) is 69.9 cm³/mol. The van der Waals surface area contributed by atoms with Crippen LogP contribution in [0.25, 0.3) is 0 Å². The van der Waals surface area contributed by atoms with Gasteiger partial charge >= 0.3 is 0 Å². The molecule has 1 nitrogen and oxygen atoms in total. The Hall–Kier alpha value is -0.240.